The molecule has 0 saturated heterocycles. The highest BCUT2D eigenvalue weighted by Crippen LogP contribution is 2.35. The molecule has 3 rings (SSSR count). The topological polar surface area (TPSA) is 82.3 Å². The third-order valence-electron chi connectivity index (χ3n) is 3.90. The molecule has 0 radical (unpaired) electrons. The van der Waals surface area contributed by atoms with E-state index in [1.807, 2.05) is 0 Å². The summed E-state index contributed by atoms with van der Waals surface area (Å²) in [6.07, 6.45) is 2.10. The number of fused-ring (bicyclic) bond motifs is 1. The molecule has 0 bridgehead atoms. The second-order valence-electron chi connectivity index (χ2n) is 5.57. The molecule has 0 spiro atoms. The zero-order valence-corrected chi connectivity index (χ0v) is 13.9. The number of benzene rings is 2. The van der Waals surface area contributed by atoms with E-state index in [1.54, 1.807) is 6.11 Å². The van der Waals surface area contributed by atoms with Crippen molar-refractivity contribution in [3.63, 3.8) is 0 Å². The number of carbonyl (C=O) groups is 1. The maximum atomic E-state index is 12.8. The number of rotatable bonds is 3. The molecular formula is C19H9F3N2O4. The molecule has 28 heavy (non-hydrogen) atoms. The van der Waals surface area contributed by atoms with Crippen molar-refractivity contribution in [3.05, 3.63) is 69.9 Å². The first-order valence-corrected chi connectivity index (χ1v) is 7.65. The summed E-state index contributed by atoms with van der Waals surface area (Å²) in [7, 11) is 0. The second kappa shape index (κ2) is 7.00. The Kier molecular flexibility index (Phi) is 4.71. The number of nitro benzene ring substituents is 1. The summed E-state index contributed by atoms with van der Waals surface area (Å²) in [6, 6.07) is 9.53. The van der Waals surface area contributed by atoms with Crippen LogP contribution in [-0.2, 0) is 10.9 Å². The normalized spacial score (nSPS) is 11.1. The first kappa shape index (κ1) is 18.8. The van der Waals surface area contributed by atoms with Crippen LogP contribution < -0.4 is 0 Å². The molecule has 1 heterocycles. The molecule has 0 N–H and O–H groups in total. The summed E-state index contributed by atoms with van der Waals surface area (Å²) >= 11 is 0. The Labute approximate surface area is 155 Å². The third-order valence-corrected chi connectivity index (χ3v) is 3.90. The highest BCUT2D eigenvalue weighted by atomic mass is 19.4. The number of nitro groups is 1. The van der Waals surface area contributed by atoms with Crippen LogP contribution in [0.25, 0.3) is 22.0 Å². The molecule has 0 fully saturated rings. The van der Waals surface area contributed by atoms with Gasteiger partial charge in [-0.15, -0.1) is 0 Å². The number of alkyl halides is 3. The van der Waals surface area contributed by atoms with Crippen molar-refractivity contribution in [1.82, 2.24) is 4.98 Å². The minimum absolute atomic E-state index is 0.117. The molecule has 2 aromatic carbocycles. The Bertz CT molecular complexity index is 1130. The van der Waals surface area contributed by atoms with Gasteiger partial charge in [0.15, 0.2) is 5.69 Å². The van der Waals surface area contributed by atoms with Gasteiger partial charge in [-0.1, -0.05) is 30.7 Å². The van der Waals surface area contributed by atoms with Gasteiger partial charge in [-0.05, 0) is 29.3 Å². The van der Waals surface area contributed by atoms with Crippen molar-refractivity contribution in [2.75, 3.05) is 0 Å². The molecule has 1 aromatic heterocycles. The number of esters is 1. The predicted molar refractivity (Wildman–Crippen MR) is 93.1 cm³/mol. The SMILES string of the molecule is C#COC(=O)c1cc(-c2ccc(C(F)(F)F)cc2)c2cccc([N+](=O)[O-])c2n1. The van der Waals surface area contributed by atoms with Gasteiger partial charge >= 0.3 is 12.1 Å². The van der Waals surface area contributed by atoms with Crippen LogP contribution in [0.5, 0.6) is 0 Å². The lowest BCUT2D eigenvalue weighted by Gasteiger charge is -2.11. The molecule has 0 aliphatic heterocycles. The Morgan fingerprint density at radius 3 is 2.43 bits per heavy atom. The number of hydrogen-bond donors (Lipinski definition) is 0. The molecule has 0 aliphatic rings. The molecule has 140 valence electrons. The van der Waals surface area contributed by atoms with Crippen LogP contribution in [-0.4, -0.2) is 15.9 Å². The molecule has 0 aliphatic carbocycles. The van der Waals surface area contributed by atoms with E-state index in [0.29, 0.717) is 5.56 Å². The highest BCUT2D eigenvalue weighted by molar-refractivity contribution is 6.02. The van der Waals surface area contributed by atoms with E-state index in [0.717, 1.165) is 12.1 Å². The summed E-state index contributed by atoms with van der Waals surface area (Å²) in [5.41, 5.74) is -1.08. The number of para-hydroxylation sites is 1. The fourth-order valence-electron chi connectivity index (χ4n) is 2.67. The standard InChI is InChI=1S/C19H9F3N2O4/c1-2-28-18(25)15-10-14(11-6-8-12(9-7-11)19(20,21)22)13-4-3-5-16(24(26)27)17(13)23-15/h1,3-10H. The molecule has 0 atom stereocenters. The van der Waals surface area contributed by atoms with Crippen molar-refractivity contribution in [3.8, 4) is 23.7 Å². The van der Waals surface area contributed by atoms with E-state index in [2.05, 4.69) is 9.72 Å². The average molecular weight is 386 g/mol. The lowest BCUT2D eigenvalue weighted by Crippen LogP contribution is -2.06. The van der Waals surface area contributed by atoms with Gasteiger partial charge in [-0.3, -0.25) is 10.1 Å². The Balaban J connectivity index is 2.28. The minimum Gasteiger partial charge on any atom is -0.368 e. The first-order chi connectivity index (χ1) is 13.2. The van der Waals surface area contributed by atoms with E-state index in [1.165, 1.54) is 36.4 Å². The van der Waals surface area contributed by atoms with Gasteiger partial charge < -0.3 is 4.74 Å². The number of halogens is 3. The third kappa shape index (κ3) is 3.48. The van der Waals surface area contributed by atoms with Gasteiger partial charge in [-0.25, -0.2) is 9.78 Å². The summed E-state index contributed by atoms with van der Waals surface area (Å²) in [4.78, 5) is 26.6. The van der Waals surface area contributed by atoms with Gasteiger partial charge in [0, 0.05) is 11.5 Å². The van der Waals surface area contributed by atoms with E-state index in [9.17, 15) is 28.1 Å². The van der Waals surface area contributed by atoms with Crippen LogP contribution in [0.1, 0.15) is 16.1 Å². The number of carbonyl (C=O) groups excluding carboxylic acids is 1. The van der Waals surface area contributed by atoms with Crippen LogP contribution in [0, 0.1) is 22.6 Å². The zero-order valence-electron chi connectivity index (χ0n) is 13.9. The molecule has 0 saturated carbocycles. The number of ether oxygens (including phenoxy) is 1. The minimum atomic E-state index is -4.51. The highest BCUT2D eigenvalue weighted by Gasteiger charge is 2.30. The number of aromatic nitrogens is 1. The maximum absolute atomic E-state index is 12.8. The summed E-state index contributed by atoms with van der Waals surface area (Å²) in [5, 5.41) is 11.6. The number of pyridine rings is 1. The quantitative estimate of drug-likeness (QED) is 0.285. The fourth-order valence-corrected chi connectivity index (χ4v) is 2.67. The van der Waals surface area contributed by atoms with Crippen molar-refractivity contribution < 1.29 is 27.6 Å². The Hall–Kier alpha value is -3.93. The number of non-ortho nitro benzene ring substituents is 1. The average Bonchev–Trinajstić information content (AvgIpc) is 2.66. The van der Waals surface area contributed by atoms with E-state index < -0.39 is 22.6 Å². The molecule has 6 nitrogen and oxygen atoms in total. The summed E-state index contributed by atoms with van der Waals surface area (Å²) < 4.78 is 42.9. The van der Waals surface area contributed by atoms with Gasteiger partial charge in [-0.2, -0.15) is 13.2 Å². The smallest absolute Gasteiger partial charge is 0.368 e. The maximum Gasteiger partial charge on any atom is 0.416 e. The molecule has 9 heteroatoms. The number of nitrogens with zero attached hydrogens (tertiary/aromatic N) is 2. The molecule has 0 unspecified atom stereocenters. The van der Waals surface area contributed by atoms with E-state index in [4.69, 9.17) is 6.42 Å². The Morgan fingerprint density at radius 2 is 1.86 bits per heavy atom. The van der Waals surface area contributed by atoms with Crippen molar-refractivity contribution in [1.29, 1.82) is 0 Å². The van der Waals surface area contributed by atoms with Crippen LogP contribution in [0.2, 0.25) is 0 Å². The predicted octanol–water partition coefficient (Wildman–Crippen LogP) is 4.58. The van der Waals surface area contributed by atoms with Gasteiger partial charge in [0.25, 0.3) is 5.69 Å². The molecule has 0 amide bonds. The van der Waals surface area contributed by atoms with Gasteiger partial charge in [0.05, 0.1) is 10.5 Å². The van der Waals surface area contributed by atoms with Crippen LogP contribution in [0.3, 0.4) is 0 Å². The lowest BCUT2D eigenvalue weighted by molar-refractivity contribution is -0.383. The first-order valence-electron chi connectivity index (χ1n) is 7.65. The molecular weight excluding hydrogens is 377 g/mol. The monoisotopic (exact) mass is 386 g/mol. The number of terminal acetylenes is 1. The lowest BCUT2D eigenvalue weighted by atomic mass is 9.98. The van der Waals surface area contributed by atoms with Crippen LogP contribution in [0.15, 0.2) is 48.5 Å². The van der Waals surface area contributed by atoms with Gasteiger partial charge in [0.2, 0.25) is 0 Å². The summed E-state index contributed by atoms with van der Waals surface area (Å²) in [6.45, 7) is 0. The van der Waals surface area contributed by atoms with Crippen molar-refractivity contribution >= 4 is 22.6 Å². The number of hydrogen-bond acceptors (Lipinski definition) is 5. The summed E-state index contributed by atoms with van der Waals surface area (Å²) in [5.74, 6) is -1.02. The second-order valence-corrected chi connectivity index (χ2v) is 5.57. The van der Waals surface area contributed by atoms with Crippen LogP contribution >= 0.6 is 0 Å². The van der Waals surface area contributed by atoms with E-state index in [-0.39, 0.29) is 27.8 Å². The largest absolute Gasteiger partial charge is 0.416 e. The van der Waals surface area contributed by atoms with Crippen LogP contribution in [0.4, 0.5) is 18.9 Å². The van der Waals surface area contributed by atoms with Crippen molar-refractivity contribution in [2.45, 2.75) is 6.18 Å². The molecule has 3 aromatic rings. The Morgan fingerprint density at radius 1 is 1.18 bits per heavy atom. The van der Waals surface area contributed by atoms with Gasteiger partial charge in [0.1, 0.15) is 11.6 Å². The zero-order chi connectivity index (χ0) is 20.5. The van der Waals surface area contributed by atoms with E-state index >= 15 is 0 Å². The fraction of sp³-hybridized carbons (Fsp3) is 0.0526. The van der Waals surface area contributed by atoms with Crippen molar-refractivity contribution in [2.24, 2.45) is 0 Å².